The van der Waals surface area contributed by atoms with Gasteiger partial charge in [-0.25, -0.2) is 0 Å². The van der Waals surface area contributed by atoms with E-state index >= 15 is 0 Å². The van der Waals surface area contributed by atoms with Gasteiger partial charge in [-0.3, -0.25) is 0 Å². The number of benzene rings is 1. The zero-order valence-corrected chi connectivity index (χ0v) is 13.5. The minimum absolute atomic E-state index is 0.198. The van der Waals surface area contributed by atoms with Gasteiger partial charge in [-0.15, -0.1) is 11.3 Å². The molecule has 0 aliphatic rings. The van der Waals surface area contributed by atoms with Crippen LogP contribution in [-0.4, -0.2) is 4.99 Å². The van der Waals surface area contributed by atoms with Crippen LogP contribution in [0.2, 0.25) is 0 Å². The monoisotopic (exact) mass is 367 g/mol. The lowest BCUT2D eigenvalue weighted by atomic mass is 10.2. The summed E-state index contributed by atoms with van der Waals surface area (Å²) in [7, 11) is 0. The molecule has 0 amide bonds. The van der Waals surface area contributed by atoms with Gasteiger partial charge in [0.15, 0.2) is 5.75 Å². The Labute approximate surface area is 133 Å². The Morgan fingerprint density at radius 2 is 2.10 bits per heavy atom. The summed E-state index contributed by atoms with van der Waals surface area (Å²) >= 11 is 10.1. The molecule has 2 N–H and O–H groups in total. The molecule has 0 spiro atoms. The first-order valence-electron chi connectivity index (χ1n) is 5.83. The van der Waals surface area contributed by atoms with Gasteiger partial charge in [-0.05, 0) is 40.2 Å². The predicted molar refractivity (Wildman–Crippen MR) is 88.5 cm³/mol. The zero-order valence-electron chi connectivity index (χ0n) is 10.3. The fourth-order valence-electron chi connectivity index (χ4n) is 1.90. The van der Waals surface area contributed by atoms with Crippen molar-refractivity contribution in [2.75, 3.05) is 0 Å². The molecule has 0 saturated heterocycles. The first-order chi connectivity index (χ1) is 9.65. The largest absolute Gasteiger partial charge is 0.483 e. The number of para-hydroxylation sites is 1. The molecule has 0 bridgehead atoms. The molecule has 20 heavy (non-hydrogen) atoms. The van der Waals surface area contributed by atoms with Crippen LogP contribution in [0.3, 0.4) is 0 Å². The van der Waals surface area contributed by atoms with Gasteiger partial charge in [-0.2, -0.15) is 0 Å². The van der Waals surface area contributed by atoms with E-state index in [1.165, 1.54) is 0 Å². The molecule has 2 aromatic heterocycles. The molecular weight excluding hydrogens is 358 g/mol. The molecule has 0 atom stereocenters. The highest BCUT2D eigenvalue weighted by Gasteiger charge is 2.17. The van der Waals surface area contributed by atoms with Gasteiger partial charge in [0.25, 0.3) is 0 Å². The number of fused-ring (bicyclic) bond motifs is 1. The predicted octanol–water partition coefficient (Wildman–Crippen LogP) is 4.47. The lowest BCUT2D eigenvalue weighted by Crippen LogP contribution is -2.10. The van der Waals surface area contributed by atoms with E-state index in [-0.39, 0.29) is 4.99 Å². The number of halogens is 1. The van der Waals surface area contributed by atoms with Gasteiger partial charge >= 0.3 is 0 Å². The highest BCUT2D eigenvalue weighted by atomic mass is 79.9. The first kappa shape index (κ1) is 13.6. The number of ether oxygens (including phenoxy) is 1. The summed E-state index contributed by atoms with van der Waals surface area (Å²) in [5.41, 5.74) is 6.42. The zero-order chi connectivity index (χ0) is 14.1. The Morgan fingerprint density at radius 3 is 2.80 bits per heavy atom. The maximum atomic E-state index is 5.88. The summed E-state index contributed by atoms with van der Waals surface area (Å²) in [5, 5.41) is 0.880. The Hall–Kier alpha value is -1.37. The van der Waals surface area contributed by atoms with E-state index in [9.17, 15) is 0 Å². The molecule has 0 fully saturated rings. The molecule has 0 aliphatic carbocycles. The van der Waals surface area contributed by atoms with E-state index in [0.717, 1.165) is 19.6 Å². The summed E-state index contributed by atoms with van der Waals surface area (Å²) in [6.45, 7) is 0.454. The van der Waals surface area contributed by atoms with Crippen molar-refractivity contribution in [1.82, 2.24) is 0 Å². The fourth-order valence-corrected chi connectivity index (χ4v) is 3.43. The molecule has 3 aromatic rings. The highest BCUT2D eigenvalue weighted by Crippen LogP contribution is 2.34. The summed E-state index contributed by atoms with van der Waals surface area (Å²) in [4.78, 5) is 1.31. The van der Waals surface area contributed by atoms with Crippen molar-refractivity contribution in [3.05, 3.63) is 50.8 Å². The second-order valence-electron chi connectivity index (χ2n) is 4.12. The molecule has 0 saturated carbocycles. The van der Waals surface area contributed by atoms with E-state index < -0.39 is 0 Å². The van der Waals surface area contributed by atoms with Gasteiger partial charge in [0.2, 0.25) is 5.76 Å². The van der Waals surface area contributed by atoms with Crippen LogP contribution in [0.1, 0.15) is 10.6 Å². The lowest BCUT2D eigenvalue weighted by molar-refractivity contribution is 0.308. The fraction of sp³-hybridized carbons (Fsp3) is 0.0714. The Balaban J connectivity index is 1.96. The van der Waals surface area contributed by atoms with Crippen molar-refractivity contribution >= 4 is 55.4 Å². The number of hydrogen-bond donors (Lipinski definition) is 1. The minimum atomic E-state index is 0.198. The number of thiocarbonyl (C=S) groups is 1. The second-order valence-corrected chi connectivity index (χ2v) is 7.10. The van der Waals surface area contributed by atoms with Crippen molar-refractivity contribution in [3.63, 3.8) is 0 Å². The minimum Gasteiger partial charge on any atom is -0.483 e. The number of nitrogens with two attached hydrogens (primary N) is 1. The SMILES string of the molecule is NC(=S)c1oc2ccccc2c1OCc1ccc(Br)s1. The molecule has 6 heteroatoms. The standard InChI is InChI=1S/C14H10BrNO2S2/c15-11-6-5-8(20-11)7-17-12-9-3-1-2-4-10(9)18-13(12)14(16)19/h1-6H,7H2,(H2,16,19). The summed E-state index contributed by atoms with van der Waals surface area (Å²) < 4.78 is 12.6. The summed E-state index contributed by atoms with van der Waals surface area (Å²) in [6, 6.07) is 11.6. The second kappa shape index (κ2) is 5.55. The van der Waals surface area contributed by atoms with Crippen LogP contribution in [0.25, 0.3) is 11.0 Å². The Kier molecular flexibility index (Phi) is 3.78. The van der Waals surface area contributed by atoms with Crippen LogP contribution in [0, 0.1) is 0 Å². The third-order valence-electron chi connectivity index (χ3n) is 2.76. The smallest absolute Gasteiger partial charge is 0.204 e. The van der Waals surface area contributed by atoms with Gasteiger partial charge in [0.05, 0.1) is 9.17 Å². The Bertz CT molecular complexity index is 778. The van der Waals surface area contributed by atoms with E-state index in [1.54, 1.807) is 11.3 Å². The van der Waals surface area contributed by atoms with Gasteiger partial charge in [0.1, 0.15) is 17.2 Å². The molecular formula is C14H10BrNO2S2. The van der Waals surface area contributed by atoms with Crippen LogP contribution in [0.4, 0.5) is 0 Å². The molecule has 2 heterocycles. The van der Waals surface area contributed by atoms with Gasteiger partial charge in [0, 0.05) is 4.88 Å². The summed E-state index contributed by atoms with van der Waals surface area (Å²) in [5.74, 6) is 1.04. The average molecular weight is 368 g/mol. The van der Waals surface area contributed by atoms with Gasteiger partial charge < -0.3 is 14.9 Å². The quantitative estimate of drug-likeness (QED) is 0.691. The van der Waals surface area contributed by atoms with Crippen molar-refractivity contribution in [2.24, 2.45) is 5.73 Å². The molecule has 0 unspecified atom stereocenters. The number of rotatable bonds is 4. The van der Waals surface area contributed by atoms with Crippen molar-refractivity contribution in [3.8, 4) is 5.75 Å². The lowest BCUT2D eigenvalue weighted by Gasteiger charge is -2.04. The van der Waals surface area contributed by atoms with Crippen LogP contribution in [0.15, 0.2) is 44.6 Å². The molecule has 1 aromatic carbocycles. The first-order valence-corrected chi connectivity index (χ1v) is 7.85. The third-order valence-corrected chi connectivity index (χ3v) is 4.54. The maximum Gasteiger partial charge on any atom is 0.204 e. The normalized spacial score (nSPS) is 10.8. The number of hydrogen-bond acceptors (Lipinski definition) is 4. The van der Waals surface area contributed by atoms with Crippen molar-refractivity contribution in [2.45, 2.75) is 6.61 Å². The maximum absolute atomic E-state index is 5.88. The van der Waals surface area contributed by atoms with Crippen LogP contribution >= 0.6 is 39.5 Å². The average Bonchev–Trinajstić information content (AvgIpc) is 3.00. The number of furan rings is 1. The van der Waals surface area contributed by atoms with Crippen LogP contribution in [-0.2, 0) is 6.61 Å². The van der Waals surface area contributed by atoms with Crippen LogP contribution in [0.5, 0.6) is 5.75 Å². The summed E-state index contributed by atoms with van der Waals surface area (Å²) in [6.07, 6.45) is 0. The third kappa shape index (κ3) is 2.59. The molecule has 102 valence electrons. The number of thiophene rings is 1. The van der Waals surface area contributed by atoms with E-state index in [2.05, 4.69) is 15.9 Å². The van der Waals surface area contributed by atoms with Crippen LogP contribution < -0.4 is 10.5 Å². The Morgan fingerprint density at radius 1 is 1.30 bits per heavy atom. The van der Waals surface area contributed by atoms with E-state index in [1.807, 2.05) is 36.4 Å². The van der Waals surface area contributed by atoms with Gasteiger partial charge in [-0.1, -0.05) is 24.4 Å². The molecule has 0 aliphatic heterocycles. The highest BCUT2D eigenvalue weighted by molar-refractivity contribution is 9.11. The van der Waals surface area contributed by atoms with Crippen molar-refractivity contribution < 1.29 is 9.15 Å². The van der Waals surface area contributed by atoms with E-state index in [0.29, 0.717) is 18.1 Å². The molecule has 0 radical (unpaired) electrons. The molecule has 3 rings (SSSR count). The molecule has 3 nitrogen and oxygen atoms in total. The van der Waals surface area contributed by atoms with E-state index in [4.69, 9.17) is 27.1 Å². The topological polar surface area (TPSA) is 48.4 Å². The van der Waals surface area contributed by atoms with Crippen molar-refractivity contribution in [1.29, 1.82) is 0 Å².